The molecule has 0 saturated carbocycles. The number of unbranched alkanes of at least 4 members (excludes halogenated alkanes) is 2. The zero-order chi connectivity index (χ0) is 28.3. The van der Waals surface area contributed by atoms with Crippen LogP contribution in [0.2, 0.25) is 0 Å². The van der Waals surface area contributed by atoms with Gasteiger partial charge in [-0.3, -0.25) is 0 Å². The first-order valence-corrected chi connectivity index (χ1v) is 25.0. The maximum Gasteiger partial charge on any atom is 0.106 e. The van der Waals surface area contributed by atoms with Crippen LogP contribution in [0.25, 0.3) is 0 Å². The molecule has 3 nitrogen and oxygen atoms in total. The van der Waals surface area contributed by atoms with E-state index in [0.717, 1.165) is 41.7 Å². The van der Waals surface area contributed by atoms with E-state index in [0.29, 0.717) is 18.5 Å². The van der Waals surface area contributed by atoms with Gasteiger partial charge in [-0.25, -0.2) is 4.98 Å². The van der Waals surface area contributed by atoms with Crippen LogP contribution >= 0.6 is 55.8 Å². The fourth-order valence-corrected chi connectivity index (χ4v) is 13.7. The van der Waals surface area contributed by atoms with Crippen LogP contribution in [-0.2, 0) is 89.2 Å². The number of aromatic nitrogens is 1. The highest BCUT2D eigenvalue weighted by Gasteiger charge is 1.94. The predicted octanol–water partition coefficient (Wildman–Crippen LogP) is 6.45. The van der Waals surface area contributed by atoms with E-state index in [1.165, 1.54) is 23.5 Å². The van der Waals surface area contributed by atoms with Gasteiger partial charge in [0.25, 0.3) is 0 Å². The SMILES string of the molecule is CC(C)S.CC(C)SSCCCCO.OCCCCSSc1ccccn1.S=S.S=S=S=S=S=S=S. The molecule has 36 heavy (non-hydrogen) atoms. The van der Waals surface area contributed by atoms with E-state index in [2.05, 4.69) is 76.2 Å². The summed E-state index contributed by atoms with van der Waals surface area (Å²) in [6.45, 7) is 9.10. The Morgan fingerprint density at radius 1 is 0.833 bits per heavy atom. The molecular formula is C19H37NO2S14. The van der Waals surface area contributed by atoms with E-state index < -0.39 is 0 Å². The first-order chi connectivity index (χ1) is 17.3. The summed E-state index contributed by atoms with van der Waals surface area (Å²) in [7, 11) is 14.7. The molecule has 0 radical (unpaired) electrons. The molecule has 0 aliphatic carbocycles. The first kappa shape index (κ1) is 45.8. The molecule has 1 rings (SSSR count). The zero-order valence-electron chi connectivity index (χ0n) is 20.7. The standard InChI is InChI=1S/C9H13NOS2.C7H16OS2.C3H8S.S7.S2/c11-7-3-4-8-12-13-9-5-1-2-6-10-9;1-7(2)10-9-6-4-3-5-8;1-3(2)4;1-3-5-7-6-4-2;1-2/h1-2,5-6,11H,3-4,7-8H2;7-8H,3-6H2,1-2H3;3-4H,1-2H3;;. The van der Waals surface area contributed by atoms with E-state index in [4.69, 9.17) is 10.2 Å². The molecule has 0 atom stereocenters. The van der Waals surface area contributed by atoms with Crippen LogP contribution in [0.5, 0.6) is 0 Å². The molecule has 0 aliphatic rings. The number of rotatable bonds is 12. The minimum Gasteiger partial charge on any atom is -0.396 e. The number of pyridine rings is 1. The fraction of sp³-hybridized carbons (Fsp3) is 0.737. The molecule has 0 bridgehead atoms. The second kappa shape index (κ2) is 44.8. The van der Waals surface area contributed by atoms with Gasteiger partial charge in [0.05, 0.1) is 0 Å². The molecule has 0 unspecified atom stereocenters. The molecular weight excluding hydrogens is 723 g/mol. The monoisotopic (exact) mass is 759 g/mol. The molecule has 0 aliphatic heterocycles. The summed E-state index contributed by atoms with van der Waals surface area (Å²) in [5.74, 6) is 2.24. The average Bonchev–Trinajstić information content (AvgIpc) is 2.86. The zero-order valence-corrected chi connectivity index (χ0v) is 32.2. The minimum atomic E-state index is 0.300. The molecule has 0 amide bonds. The van der Waals surface area contributed by atoms with Gasteiger partial charge in [-0.1, -0.05) is 66.1 Å². The van der Waals surface area contributed by atoms with Crippen molar-refractivity contribution in [1.29, 1.82) is 0 Å². The van der Waals surface area contributed by atoms with Gasteiger partial charge in [-0.05, 0) is 53.9 Å². The van der Waals surface area contributed by atoms with Crippen molar-refractivity contribution in [2.24, 2.45) is 0 Å². The van der Waals surface area contributed by atoms with Gasteiger partial charge in [0.15, 0.2) is 0 Å². The van der Waals surface area contributed by atoms with Gasteiger partial charge in [0, 0.05) is 125 Å². The van der Waals surface area contributed by atoms with Crippen LogP contribution in [0, 0.1) is 0 Å². The highest BCUT2D eigenvalue weighted by atomic mass is 33.4. The van der Waals surface area contributed by atoms with Gasteiger partial charge in [0.2, 0.25) is 0 Å². The Labute approximate surface area is 274 Å². The van der Waals surface area contributed by atoms with Gasteiger partial charge in [-0.15, -0.1) is 0 Å². The van der Waals surface area contributed by atoms with Crippen LogP contribution in [0.3, 0.4) is 0 Å². The van der Waals surface area contributed by atoms with Crippen molar-refractivity contribution in [3.63, 3.8) is 0 Å². The van der Waals surface area contributed by atoms with Crippen molar-refractivity contribution in [3.05, 3.63) is 24.4 Å². The normalized spacial score (nSPS) is 9.03. The molecule has 2 N–H and O–H groups in total. The van der Waals surface area contributed by atoms with Crippen LogP contribution in [-0.4, -0.2) is 50.4 Å². The topological polar surface area (TPSA) is 53.4 Å². The summed E-state index contributed by atoms with van der Waals surface area (Å²) in [5, 5.41) is 19.3. The number of aliphatic hydroxyl groups excluding tert-OH is 2. The second-order valence-electron chi connectivity index (χ2n) is 6.34. The van der Waals surface area contributed by atoms with Gasteiger partial charge in [-0.2, -0.15) is 12.6 Å². The Hall–Kier alpha value is 2.80. The lowest BCUT2D eigenvalue weighted by molar-refractivity contribution is 0.287. The Kier molecular flexibility index (Phi) is 57.0. The number of hydrogen-bond acceptors (Lipinski definition) is 12. The minimum absolute atomic E-state index is 0.300. The molecule has 1 aromatic heterocycles. The Morgan fingerprint density at radius 2 is 1.33 bits per heavy atom. The maximum absolute atomic E-state index is 8.55. The second-order valence-corrected chi connectivity index (χ2v) is 21.7. The third kappa shape index (κ3) is 56.9. The van der Waals surface area contributed by atoms with Crippen molar-refractivity contribution in [2.75, 3.05) is 24.7 Å². The van der Waals surface area contributed by atoms with Crippen molar-refractivity contribution in [2.45, 2.75) is 68.9 Å². The first-order valence-electron chi connectivity index (χ1n) is 10.5. The lowest BCUT2D eigenvalue weighted by atomic mass is 10.4. The third-order valence-corrected chi connectivity index (χ3v) is 16.7. The average molecular weight is 760 g/mol. The quantitative estimate of drug-likeness (QED) is 0.125. The summed E-state index contributed by atoms with van der Waals surface area (Å²) in [5.41, 5.74) is 0. The summed E-state index contributed by atoms with van der Waals surface area (Å²) < 4.78 is 0. The molecule has 214 valence electrons. The Balaban J connectivity index is -0.000000199. The predicted molar refractivity (Wildman–Crippen MR) is 201 cm³/mol. The van der Waals surface area contributed by atoms with E-state index in [9.17, 15) is 0 Å². The lowest BCUT2D eigenvalue weighted by Gasteiger charge is -2.01. The molecule has 17 heteroatoms. The van der Waals surface area contributed by atoms with Gasteiger partial charge >= 0.3 is 0 Å². The largest absolute Gasteiger partial charge is 0.396 e. The highest BCUT2D eigenvalue weighted by molar-refractivity contribution is 8.77. The lowest BCUT2D eigenvalue weighted by Crippen LogP contribution is -1.86. The van der Waals surface area contributed by atoms with E-state index in [1.807, 2.05) is 53.6 Å². The van der Waals surface area contributed by atoms with Crippen molar-refractivity contribution in [1.82, 2.24) is 4.98 Å². The van der Waals surface area contributed by atoms with Crippen molar-refractivity contribution < 1.29 is 10.2 Å². The van der Waals surface area contributed by atoms with E-state index in [1.54, 1.807) is 54.4 Å². The van der Waals surface area contributed by atoms with Gasteiger partial charge < -0.3 is 10.2 Å². The van der Waals surface area contributed by atoms with Crippen molar-refractivity contribution in [3.8, 4) is 0 Å². The summed E-state index contributed by atoms with van der Waals surface area (Å²) >= 11 is 20.4. The summed E-state index contributed by atoms with van der Waals surface area (Å²) in [4.78, 5) is 4.19. The number of aliphatic hydroxyl groups is 2. The molecule has 0 saturated heterocycles. The molecule has 0 spiro atoms. The number of hydrogen-bond donors (Lipinski definition) is 3. The highest BCUT2D eigenvalue weighted by Crippen LogP contribution is 2.29. The molecule has 0 aromatic carbocycles. The van der Waals surface area contributed by atoms with Crippen LogP contribution in [0.4, 0.5) is 0 Å². The van der Waals surface area contributed by atoms with Crippen LogP contribution in [0.15, 0.2) is 29.4 Å². The maximum atomic E-state index is 8.55. The Bertz CT molecular complexity index is 717. The van der Waals surface area contributed by atoms with Crippen LogP contribution < -0.4 is 0 Å². The van der Waals surface area contributed by atoms with E-state index in [-0.39, 0.29) is 0 Å². The smallest absolute Gasteiger partial charge is 0.106 e. The van der Waals surface area contributed by atoms with Crippen molar-refractivity contribution >= 4 is 145 Å². The summed E-state index contributed by atoms with van der Waals surface area (Å²) in [6.07, 6.45) is 5.86. The van der Waals surface area contributed by atoms with Gasteiger partial charge in [0.1, 0.15) is 5.03 Å². The van der Waals surface area contributed by atoms with Crippen LogP contribution in [0.1, 0.15) is 53.4 Å². The summed E-state index contributed by atoms with van der Waals surface area (Å²) in [6, 6.07) is 5.91. The molecule has 1 heterocycles. The number of thiol groups is 1. The molecule has 1 aromatic rings. The van der Waals surface area contributed by atoms with E-state index >= 15 is 0 Å². The molecule has 0 fully saturated rings. The fourth-order valence-electron chi connectivity index (χ4n) is 1.26. The third-order valence-electron chi connectivity index (χ3n) is 2.43. The Morgan fingerprint density at radius 3 is 1.72 bits per heavy atom. The number of nitrogens with zero attached hydrogens (tertiary/aromatic N) is 1.